The van der Waals surface area contributed by atoms with Gasteiger partial charge in [0.2, 0.25) is 0 Å². The third-order valence-corrected chi connectivity index (χ3v) is 3.91. The van der Waals surface area contributed by atoms with Crippen LogP contribution in [0.25, 0.3) is 0 Å². The highest BCUT2D eigenvalue weighted by Gasteiger charge is 2.03. The van der Waals surface area contributed by atoms with Gasteiger partial charge in [0.15, 0.2) is 5.96 Å². The largest absolute Gasteiger partial charge is 0.352 e. The van der Waals surface area contributed by atoms with Crippen LogP contribution in [0.5, 0.6) is 0 Å². The minimum absolute atomic E-state index is 0. The topological polar surface area (TPSA) is 49.3 Å². The summed E-state index contributed by atoms with van der Waals surface area (Å²) < 4.78 is 13.5. The molecule has 0 aliphatic heterocycles. The van der Waals surface area contributed by atoms with Gasteiger partial charge in [-0.1, -0.05) is 12.1 Å². The number of aryl methyl sites for hydroxylation is 2. The number of aromatic nitrogens is 1. The lowest BCUT2D eigenvalue weighted by molar-refractivity contribution is 0.615. The van der Waals surface area contributed by atoms with Crippen LogP contribution in [0.1, 0.15) is 21.0 Å². The summed E-state index contributed by atoms with van der Waals surface area (Å²) in [6, 6.07) is 5.23. The van der Waals surface area contributed by atoms with Crippen molar-refractivity contribution in [3.8, 4) is 0 Å². The Morgan fingerprint density at radius 1 is 1.27 bits per heavy atom. The number of thiazole rings is 1. The predicted octanol–water partition coefficient (Wildman–Crippen LogP) is 3.38. The van der Waals surface area contributed by atoms with Gasteiger partial charge in [0, 0.05) is 24.7 Å². The molecule has 0 aliphatic carbocycles. The van der Waals surface area contributed by atoms with Crippen LogP contribution in [-0.2, 0) is 13.1 Å². The predicted molar refractivity (Wildman–Crippen MR) is 100 cm³/mol. The summed E-state index contributed by atoms with van der Waals surface area (Å²) in [5.41, 5.74) is 1.53. The molecule has 0 amide bonds. The number of halogens is 2. The van der Waals surface area contributed by atoms with E-state index in [4.69, 9.17) is 0 Å². The van der Waals surface area contributed by atoms with Crippen molar-refractivity contribution in [2.24, 2.45) is 4.99 Å². The summed E-state index contributed by atoms with van der Waals surface area (Å²) in [6.45, 7) is 4.93. The molecule has 1 heterocycles. The summed E-state index contributed by atoms with van der Waals surface area (Å²) in [7, 11) is 1.71. The molecule has 0 saturated carbocycles. The smallest absolute Gasteiger partial charge is 0.191 e. The molecule has 2 rings (SSSR count). The van der Waals surface area contributed by atoms with Crippen LogP contribution in [0.15, 0.2) is 29.4 Å². The fourth-order valence-electron chi connectivity index (χ4n) is 1.80. The van der Waals surface area contributed by atoms with Gasteiger partial charge in [-0.3, -0.25) is 4.99 Å². The van der Waals surface area contributed by atoms with Crippen LogP contribution in [0.4, 0.5) is 4.39 Å². The minimum atomic E-state index is -0.185. The zero-order chi connectivity index (χ0) is 15.2. The van der Waals surface area contributed by atoms with Gasteiger partial charge >= 0.3 is 0 Å². The monoisotopic (exact) mass is 434 g/mol. The first-order valence-electron chi connectivity index (χ1n) is 6.69. The van der Waals surface area contributed by atoms with Crippen LogP contribution in [0, 0.1) is 19.7 Å². The average molecular weight is 434 g/mol. The molecule has 22 heavy (non-hydrogen) atoms. The fraction of sp³-hybridized carbons (Fsp3) is 0.333. The quantitative estimate of drug-likeness (QED) is 0.441. The lowest BCUT2D eigenvalue weighted by Crippen LogP contribution is -2.36. The molecule has 0 unspecified atom stereocenters. The Labute approximate surface area is 151 Å². The molecule has 0 fully saturated rings. The molecule has 2 aromatic rings. The maximum absolute atomic E-state index is 13.5. The normalized spacial score (nSPS) is 11.0. The van der Waals surface area contributed by atoms with Crippen molar-refractivity contribution in [3.63, 3.8) is 0 Å². The van der Waals surface area contributed by atoms with Gasteiger partial charge in [0.05, 0.1) is 6.54 Å². The molecule has 0 atom stereocenters. The number of guanidine groups is 1. The van der Waals surface area contributed by atoms with Gasteiger partial charge in [-0.2, -0.15) is 0 Å². The van der Waals surface area contributed by atoms with Crippen molar-refractivity contribution in [2.75, 3.05) is 7.05 Å². The van der Waals surface area contributed by atoms with E-state index < -0.39 is 0 Å². The first kappa shape index (κ1) is 18.8. The molecule has 4 nitrogen and oxygen atoms in total. The first-order chi connectivity index (χ1) is 10.1. The average Bonchev–Trinajstić information content (AvgIpc) is 2.88. The van der Waals surface area contributed by atoms with E-state index >= 15 is 0 Å². The van der Waals surface area contributed by atoms with Gasteiger partial charge in [0.1, 0.15) is 10.8 Å². The van der Waals surface area contributed by atoms with E-state index in [9.17, 15) is 4.39 Å². The Morgan fingerprint density at radius 2 is 2.00 bits per heavy atom. The van der Waals surface area contributed by atoms with E-state index in [2.05, 4.69) is 20.6 Å². The fourth-order valence-corrected chi connectivity index (χ4v) is 2.52. The number of aliphatic imine (C=N–C) groups is 1. The van der Waals surface area contributed by atoms with Crippen LogP contribution in [-0.4, -0.2) is 18.0 Å². The number of nitrogens with zero attached hydrogens (tertiary/aromatic N) is 2. The van der Waals surface area contributed by atoms with Crippen molar-refractivity contribution in [1.29, 1.82) is 0 Å². The molecular formula is C15H20FIN4S. The van der Waals surface area contributed by atoms with E-state index in [-0.39, 0.29) is 29.8 Å². The number of hydrogen-bond donors (Lipinski definition) is 2. The third-order valence-electron chi connectivity index (χ3n) is 3.00. The van der Waals surface area contributed by atoms with Gasteiger partial charge in [-0.05, 0) is 31.0 Å². The van der Waals surface area contributed by atoms with Crippen LogP contribution < -0.4 is 10.6 Å². The second kappa shape index (κ2) is 9.04. The standard InChI is InChI=1S/C15H19FN4S.HI/c1-10-4-5-12(6-13(10)16)8-19-15(17-3)20-9-14-18-7-11(2)21-14;/h4-7H,8-9H2,1-3H3,(H2,17,19,20);1H. The summed E-state index contributed by atoms with van der Waals surface area (Å²) >= 11 is 1.65. The zero-order valence-electron chi connectivity index (χ0n) is 12.8. The Hall–Kier alpha value is -1.22. The van der Waals surface area contributed by atoms with Gasteiger partial charge in [-0.15, -0.1) is 35.3 Å². The molecule has 0 bridgehead atoms. The first-order valence-corrected chi connectivity index (χ1v) is 7.51. The molecule has 0 spiro atoms. The minimum Gasteiger partial charge on any atom is -0.352 e. The highest BCUT2D eigenvalue weighted by Crippen LogP contribution is 2.10. The van der Waals surface area contributed by atoms with Crippen molar-refractivity contribution >= 4 is 41.3 Å². The Balaban J connectivity index is 0.00000242. The van der Waals surface area contributed by atoms with Crippen LogP contribution in [0.2, 0.25) is 0 Å². The molecule has 1 aromatic carbocycles. The van der Waals surface area contributed by atoms with Gasteiger partial charge in [0.25, 0.3) is 0 Å². The molecule has 0 aliphatic rings. The molecule has 1 aromatic heterocycles. The van der Waals surface area contributed by atoms with Crippen molar-refractivity contribution < 1.29 is 4.39 Å². The van der Waals surface area contributed by atoms with Crippen LogP contribution >= 0.6 is 35.3 Å². The number of hydrogen-bond acceptors (Lipinski definition) is 3. The number of rotatable bonds is 4. The van der Waals surface area contributed by atoms with E-state index in [1.807, 2.05) is 19.2 Å². The summed E-state index contributed by atoms with van der Waals surface area (Å²) in [4.78, 5) is 9.61. The number of benzene rings is 1. The second-order valence-corrected chi connectivity index (χ2v) is 6.05. The summed E-state index contributed by atoms with van der Waals surface area (Å²) in [6.07, 6.45) is 1.85. The second-order valence-electron chi connectivity index (χ2n) is 4.73. The number of nitrogens with one attached hydrogen (secondary N) is 2. The van der Waals surface area contributed by atoms with E-state index in [0.29, 0.717) is 24.6 Å². The molecule has 0 radical (unpaired) electrons. The van der Waals surface area contributed by atoms with Gasteiger partial charge in [-0.25, -0.2) is 9.37 Å². The molecule has 120 valence electrons. The Bertz CT molecular complexity index is 642. The Kier molecular flexibility index (Phi) is 7.74. The third kappa shape index (κ3) is 5.53. The molecule has 0 saturated heterocycles. The maximum atomic E-state index is 13.5. The van der Waals surface area contributed by atoms with Gasteiger partial charge < -0.3 is 10.6 Å². The SMILES string of the molecule is CN=C(NCc1ccc(C)c(F)c1)NCc1ncc(C)s1.I. The van der Waals surface area contributed by atoms with E-state index in [1.54, 1.807) is 37.4 Å². The zero-order valence-corrected chi connectivity index (χ0v) is 16.0. The van der Waals surface area contributed by atoms with Crippen molar-refractivity contribution in [3.05, 3.63) is 51.2 Å². The van der Waals surface area contributed by atoms with Crippen molar-refractivity contribution in [1.82, 2.24) is 15.6 Å². The van der Waals surface area contributed by atoms with Crippen LogP contribution in [0.3, 0.4) is 0 Å². The lowest BCUT2D eigenvalue weighted by Gasteiger charge is -2.11. The molecule has 7 heteroatoms. The maximum Gasteiger partial charge on any atom is 0.191 e. The highest BCUT2D eigenvalue weighted by molar-refractivity contribution is 14.0. The highest BCUT2D eigenvalue weighted by atomic mass is 127. The van der Waals surface area contributed by atoms with E-state index in [0.717, 1.165) is 10.6 Å². The lowest BCUT2D eigenvalue weighted by atomic mass is 10.1. The van der Waals surface area contributed by atoms with Crippen molar-refractivity contribution in [2.45, 2.75) is 26.9 Å². The Morgan fingerprint density at radius 3 is 2.59 bits per heavy atom. The summed E-state index contributed by atoms with van der Waals surface area (Å²) in [5.74, 6) is 0.486. The molecule has 2 N–H and O–H groups in total. The summed E-state index contributed by atoms with van der Waals surface area (Å²) in [5, 5.41) is 7.36. The molecular weight excluding hydrogens is 414 g/mol. The van der Waals surface area contributed by atoms with E-state index in [1.165, 1.54) is 4.88 Å².